The molecule has 1 N–H and O–H groups in total. The number of nitrogens with one attached hydrogen (secondary N) is 1. The highest BCUT2D eigenvalue weighted by molar-refractivity contribution is 6.30. The van der Waals surface area contributed by atoms with Crippen LogP contribution in [0.2, 0.25) is 5.02 Å². The molecule has 6 heteroatoms. The second-order valence-electron chi connectivity index (χ2n) is 5.24. The Balaban J connectivity index is 0.00000161. The van der Waals surface area contributed by atoms with Crippen LogP contribution in [0.5, 0.6) is 0 Å². The minimum absolute atomic E-state index is 0. The maximum absolute atomic E-state index is 5.99. The molecule has 1 atom stereocenters. The molecule has 0 bridgehead atoms. The van der Waals surface area contributed by atoms with Crippen molar-refractivity contribution in [3.05, 3.63) is 41.2 Å². The van der Waals surface area contributed by atoms with Crippen LogP contribution in [0.3, 0.4) is 0 Å². The standard InChI is InChI=1S/C15H18ClN3O.ClH/c1-11-8-19(6-5-17-11)9-14-10-20-15(18-14)12-3-2-4-13(16)7-12;/h2-4,7,10-11,17H,5-6,8-9H2,1H3;1H. The van der Waals surface area contributed by atoms with E-state index in [1.54, 1.807) is 6.26 Å². The lowest BCUT2D eigenvalue weighted by atomic mass is 10.2. The minimum atomic E-state index is 0. The molecule has 0 saturated carbocycles. The third-order valence-corrected chi connectivity index (χ3v) is 3.70. The van der Waals surface area contributed by atoms with Crippen LogP contribution < -0.4 is 5.32 Å². The van der Waals surface area contributed by atoms with Gasteiger partial charge in [0.1, 0.15) is 6.26 Å². The van der Waals surface area contributed by atoms with Gasteiger partial charge >= 0.3 is 0 Å². The highest BCUT2D eigenvalue weighted by Gasteiger charge is 2.17. The number of hydrogen-bond donors (Lipinski definition) is 1. The normalized spacial score (nSPS) is 19.2. The molecule has 0 aliphatic carbocycles. The Kier molecular flexibility index (Phi) is 5.65. The molecule has 1 aliphatic heterocycles. The molecular formula is C15H19Cl2N3O. The first-order valence-electron chi connectivity index (χ1n) is 6.87. The minimum Gasteiger partial charge on any atom is -0.444 e. The van der Waals surface area contributed by atoms with Crippen LogP contribution in [-0.4, -0.2) is 35.6 Å². The number of halogens is 2. The molecule has 1 fully saturated rings. The van der Waals surface area contributed by atoms with E-state index in [-0.39, 0.29) is 12.4 Å². The van der Waals surface area contributed by atoms with Crippen LogP contribution >= 0.6 is 24.0 Å². The molecule has 21 heavy (non-hydrogen) atoms. The summed E-state index contributed by atoms with van der Waals surface area (Å²) in [6.07, 6.45) is 1.74. The fourth-order valence-corrected chi connectivity index (χ4v) is 2.71. The van der Waals surface area contributed by atoms with Crippen molar-refractivity contribution in [2.24, 2.45) is 0 Å². The number of piperazine rings is 1. The van der Waals surface area contributed by atoms with E-state index in [9.17, 15) is 0 Å². The average Bonchev–Trinajstić information content (AvgIpc) is 2.87. The van der Waals surface area contributed by atoms with Crippen LogP contribution in [0.15, 0.2) is 34.9 Å². The van der Waals surface area contributed by atoms with Gasteiger partial charge in [-0.15, -0.1) is 12.4 Å². The van der Waals surface area contributed by atoms with Crippen LogP contribution in [0, 0.1) is 0 Å². The van der Waals surface area contributed by atoms with E-state index in [4.69, 9.17) is 16.0 Å². The van der Waals surface area contributed by atoms with E-state index in [1.807, 2.05) is 24.3 Å². The smallest absolute Gasteiger partial charge is 0.226 e. The number of hydrogen-bond acceptors (Lipinski definition) is 4. The average molecular weight is 328 g/mol. The predicted octanol–water partition coefficient (Wildman–Crippen LogP) is 3.21. The van der Waals surface area contributed by atoms with Crippen LogP contribution in [-0.2, 0) is 6.54 Å². The Bertz CT molecular complexity index is 588. The molecule has 4 nitrogen and oxygen atoms in total. The van der Waals surface area contributed by atoms with Gasteiger partial charge in [0.25, 0.3) is 0 Å². The van der Waals surface area contributed by atoms with Gasteiger partial charge in [0.15, 0.2) is 0 Å². The van der Waals surface area contributed by atoms with Gasteiger partial charge in [-0.05, 0) is 25.1 Å². The molecule has 2 heterocycles. The summed E-state index contributed by atoms with van der Waals surface area (Å²) < 4.78 is 5.56. The molecule has 1 aromatic heterocycles. The summed E-state index contributed by atoms with van der Waals surface area (Å²) in [5.74, 6) is 0.630. The summed E-state index contributed by atoms with van der Waals surface area (Å²) in [5, 5.41) is 4.13. The van der Waals surface area contributed by atoms with Crippen molar-refractivity contribution in [1.29, 1.82) is 0 Å². The molecule has 2 aromatic rings. The maximum Gasteiger partial charge on any atom is 0.226 e. The van der Waals surface area contributed by atoms with Gasteiger partial charge in [-0.2, -0.15) is 0 Å². The molecule has 3 rings (SSSR count). The highest BCUT2D eigenvalue weighted by Crippen LogP contribution is 2.22. The lowest BCUT2D eigenvalue weighted by Crippen LogP contribution is -2.48. The number of oxazole rings is 1. The van der Waals surface area contributed by atoms with E-state index >= 15 is 0 Å². The first-order chi connectivity index (χ1) is 9.70. The first-order valence-corrected chi connectivity index (χ1v) is 7.24. The zero-order valence-corrected chi connectivity index (χ0v) is 13.5. The van der Waals surface area contributed by atoms with Gasteiger partial charge in [0.05, 0.1) is 5.69 Å². The molecule has 1 saturated heterocycles. The van der Waals surface area contributed by atoms with Crippen molar-refractivity contribution in [1.82, 2.24) is 15.2 Å². The van der Waals surface area contributed by atoms with Crippen LogP contribution in [0.4, 0.5) is 0 Å². The Morgan fingerprint density at radius 2 is 2.33 bits per heavy atom. The van der Waals surface area contributed by atoms with Gasteiger partial charge in [-0.1, -0.05) is 17.7 Å². The van der Waals surface area contributed by atoms with Crippen molar-refractivity contribution < 1.29 is 4.42 Å². The molecule has 0 amide bonds. The lowest BCUT2D eigenvalue weighted by Gasteiger charge is -2.31. The molecule has 1 aliphatic rings. The molecule has 114 valence electrons. The van der Waals surface area contributed by atoms with Gasteiger partial charge in [0.2, 0.25) is 5.89 Å². The van der Waals surface area contributed by atoms with Gasteiger partial charge < -0.3 is 9.73 Å². The number of aromatic nitrogens is 1. The summed E-state index contributed by atoms with van der Waals surface area (Å²) in [7, 11) is 0. The summed E-state index contributed by atoms with van der Waals surface area (Å²) in [6, 6.07) is 8.10. The Morgan fingerprint density at radius 1 is 1.48 bits per heavy atom. The molecule has 0 spiro atoms. The largest absolute Gasteiger partial charge is 0.444 e. The van der Waals surface area contributed by atoms with E-state index in [0.29, 0.717) is 17.0 Å². The van der Waals surface area contributed by atoms with Gasteiger partial charge in [-0.25, -0.2) is 4.98 Å². The monoisotopic (exact) mass is 327 g/mol. The topological polar surface area (TPSA) is 41.3 Å². The Morgan fingerprint density at radius 3 is 3.10 bits per heavy atom. The number of benzene rings is 1. The third-order valence-electron chi connectivity index (χ3n) is 3.46. The summed E-state index contributed by atoms with van der Waals surface area (Å²) in [5.41, 5.74) is 1.88. The van der Waals surface area contributed by atoms with Crippen LogP contribution in [0.1, 0.15) is 12.6 Å². The lowest BCUT2D eigenvalue weighted by molar-refractivity contribution is 0.197. The second kappa shape index (κ2) is 7.27. The van der Waals surface area contributed by atoms with Crippen molar-refractivity contribution in [3.63, 3.8) is 0 Å². The van der Waals surface area contributed by atoms with Gasteiger partial charge in [0, 0.05) is 42.8 Å². The Labute approximate surface area is 135 Å². The fraction of sp³-hybridized carbons (Fsp3) is 0.400. The second-order valence-corrected chi connectivity index (χ2v) is 5.68. The molecule has 1 aromatic carbocycles. The predicted molar refractivity (Wildman–Crippen MR) is 86.9 cm³/mol. The third kappa shape index (κ3) is 4.20. The zero-order chi connectivity index (χ0) is 13.9. The van der Waals surface area contributed by atoms with Crippen molar-refractivity contribution in [3.8, 4) is 11.5 Å². The van der Waals surface area contributed by atoms with Gasteiger partial charge in [-0.3, -0.25) is 4.90 Å². The quantitative estimate of drug-likeness (QED) is 0.939. The summed E-state index contributed by atoms with van der Waals surface area (Å²) in [4.78, 5) is 6.94. The number of rotatable bonds is 3. The molecular weight excluding hydrogens is 309 g/mol. The fourth-order valence-electron chi connectivity index (χ4n) is 2.52. The van der Waals surface area contributed by atoms with Crippen molar-refractivity contribution in [2.75, 3.05) is 19.6 Å². The maximum atomic E-state index is 5.99. The van der Waals surface area contributed by atoms with E-state index in [0.717, 1.165) is 37.4 Å². The molecule has 0 radical (unpaired) electrons. The summed E-state index contributed by atoms with van der Waals surface area (Å²) >= 11 is 5.99. The summed E-state index contributed by atoms with van der Waals surface area (Å²) in [6.45, 7) is 6.14. The molecule has 1 unspecified atom stereocenters. The first kappa shape index (κ1) is 16.3. The van der Waals surface area contributed by atoms with E-state index in [2.05, 4.69) is 22.1 Å². The van der Waals surface area contributed by atoms with Crippen molar-refractivity contribution >= 4 is 24.0 Å². The Hall–Kier alpha value is -1.07. The zero-order valence-electron chi connectivity index (χ0n) is 11.9. The van der Waals surface area contributed by atoms with E-state index < -0.39 is 0 Å². The SMILES string of the molecule is CC1CN(Cc2coc(-c3cccc(Cl)c3)n2)CCN1.Cl. The van der Waals surface area contributed by atoms with E-state index in [1.165, 1.54) is 0 Å². The highest BCUT2D eigenvalue weighted by atomic mass is 35.5. The van der Waals surface area contributed by atoms with Crippen molar-refractivity contribution in [2.45, 2.75) is 19.5 Å². The van der Waals surface area contributed by atoms with Crippen LogP contribution in [0.25, 0.3) is 11.5 Å². The number of nitrogens with zero attached hydrogens (tertiary/aromatic N) is 2.